The van der Waals surface area contributed by atoms with Crippen LogP contribution in [0.25, 0.3) is 0 Å². The van der Waals surface area contributed by atoms with Crippen LogP contribution in [0.15, 0.2) is 47.1 Å². The Balaban J connectivity index is 2.45. The topological polar surface area (TPSA) is 38.9 Å². The van der Waals surface area contributed by atoms with Crippen molar-refractivity contribution in [3.05, 3.63) is 52.8 Å². The van der Waals surface area contributed by atoms with Gasteiger partial charge in [0.2, 0.25) is 0 Å². The Morgan fingerprint density at radius 1 is 1.44 bits per heavy atom. The van der Waals surface area contributed by atoms with Gasteiger partial charge in [0.05, 0.1) is 11.1 Å². The largest absolute Gasteiger partial charge is 0.329 e. The molecule has 84 valence electrons. The molecule has 0 saturated carbocycles. The first kappa shape index (κ1) is 11.5. The van der Waals surface area contributed by atoms with E-state index in [-0.39, 0.29) is 6.54 Å². The lowest BCUT2D eigenvalue weighted by Crippen LogP contribution is -2.43. The summed E-state index contributed by atoms with van der Waals surface area (Å²) in [5, 5.41) is 0. The predicted molar refractivity (Wildman–Crippen MR) is 65.8 cm³/mol. The van der Waals surface area contributed by atoms with Crippen molar-refractivity contribution in [3.63, 3.8) is 0 Å². The fraction of sp³-hybridized carbons (Fsp3) is 0.250. The summed E-state index contributed by atoms with van der Waals surface area (Å²) in [5.41, 5.74) is 5.56. The summed E-state index contributed by atoms with van der Waals surface area (Å²) >= 11 is 3.30. The molecule has 2 rings (SSSR count). The molecule has 16 heavy (non-hydrogen) atoms. The molecule has 2 N–H and O–H groups in total. The second-order valence-corrected chi connectivity index (χ2v) is 4.67. The van der Waals surface area contributed by atoms with Crippen molar-refractivity contribution in [1.82, 2.24) is 4.98 Å². The Hall–Kier alpha value is -1.00. The molecular formula is C12H12BrFN2. The van der Waals surface area contributed by atoms with E-state index < -0.39 is 11.6 Å². The fourth-order valence-corrected chi connectivity index (χ4v) is 2.05. The quantitative estimate of drug-likeness (QED) is 0.905. The number of nitrogens with two attached hydrogens (primary N) is 1. The van der Waals surface area contributed by atoms with Crippen molar-refractivity contribution in [1.29, 1.82) is 0 Å². The highest BCUT2D eigenvalue weighted by atomic mass is 79.9. The first-order valence-corrected chi connectivity index (χ1v) is 5.80. The summed E-state index contributed by atoms with van der Waals surface area (Å²) in [6.07, 6.45) is 7.33. The van der Waals surface area contributed by atoms with E-state index in [1.807, 2.05) is 12.1 Å². The SMILES string of the molecule is NCC1(c2ccc(Br)cn2)C=CC=CC1F. The second kappa shape index (κ2) is 4.47. The number of rotatable bonds is 2. The minimum atomic E-state index is -1.13. The Morgan fingerprint density at radius 3 is 2.81 bits per heavy atom. The molecule has 4 heteroatoms. The molecule has 0 bridgehead atoms. The van der Waals surface area contributed by atoms with E-state index in [1.165, 1.54) is 6.08 Å². The van der Waals surface area contributed by atoms with Gasteiger partial charge in [-0.25, -0.2) is 4.39 Å². The molecule has 0 radical (unpaired) electrons. The Morgan fingerprint density at radius 2 is 2.25 bits per heavy atom. The first-order chi connectivity index (χ1) is 7.69. The number of halogens is 2. The molecule has 2 unspecified atom stereocenters. The van der Waals surface area contributed by atoms with Gasteiger partial charge in [-0.3, -0.25) is 4.98 Å². The molecule has 1 aromatic heterocycles. The molecule has 0 amide bonds. The maximum absolute atomic E-state index is 14.0. The molecule has 1 aromatic rings. The van der Waals surface area contributed by atoms with E-state index in [2.05, 4.69) is 20.9 Å². The summed E-state index contributed by atoms with van der Waals surface area (Å²) in [6, 6.07) is 3.64. The molecule has 1 aliphatic carbocycles. The van der Waals surface area contributed by atoms with Crippen LogP contribution in [-0.2, 0) is 5.41 Å². The van der Waals surface area contributed by atoms with Crippen molar-refractivity contribution in [3.8, 4) is 0 Å². The van der Waals surface area contributed by atoms with Gasteiger partial charge in [0.15, 0.2) is 0 Å². The molecule has 0 aliphatic heterocycles. The standard InChI is InChI=1S/C12H12BrFN2/c13-9-4-5-11(16-7-9)12(8-15)6-2-1-3-10(12)14/h1-7,10H,8,15H2. The summed E-state index contributed by atoms with van der Waals surface area (Å²) in [6.45, 7) is 0.198. The predicted octanol–water partition coefficient (Wildman–Crippen LogP) is 2.50. The van der Waals surface area contributed by atoms with Gasteiger partial charge in [0, 0.05) is 17.2 Å². The lowest BCUT2D eigenvalue weighted by atomic mass is 9.77. The maximum Gasteiger partial charge on any atom is 0.134 e. The van der Waals surface area contributed by atoms with E-state index in [9.17, 15) is 4.39 Å². The van der Waals surface area contributed by atoms with Crippen molar-refractivity contribution in [2.24, 2.45) is 5.73 Å². The zero-order valence-electron chi connectivity index (χ0n) is 8.61. The Kier molecular flexibility index (Phi) is 3.21. The lowest BCUT2D eigenvalue weighted by Gasteiger charge is -2.32. The molecule has 1 heterocycles. The number of pyridine rings is 1. The highest BCUT2D eigenvalue weighted by molar-refractivity contribution is 9.10. The van der Waals surface area contributed by atoms with Gasteiger partial charge in [-0.2, -0.15) is 0 Å². The molecule has 2 atom stereocenters. The monoisotopic (exact) mass is 282 g/mol. The van der Waals surface area contributed by atoms with Crippen molar-refractivity contribution in [2.75, 3.05) is 6.54 Å². The van der Waals surface area contributed by atoms with E-state index in [4.69, 9.17) is 5.73 Å². The number of hydrogen-bond donors (Lipinski definition) is 1. The summed E-state index contributed by atoms with van der Waals surface area (Å²) < 4.78 is 14.9. The van der Waals surface area contributed by atoms with Crippen LogP contribution in [-0.4, -0.2) is 17.7 Å². The van der Waals surface area contributed by atoms with Crippen LogP contribution in [0.3, 0.4) is 0 Å². The minimum Gasteiger partial charge on any atom is -0.329 e. The molecule has 0 fully saturated rings. The molecule has 0 aromatic carbocycles. The van der Waals surface area contributed by atoms with Crippen LogP contribution >= 0.6 is 15.9 Å². The average molecular weight is 283 g/mol. The molecule has 0 saturated heterocycles. The highest BCUT2D eigenvalue weighted by Gasteiger charge is 2.38. The van der Waals surface area contributed by atoms with Gasteiger partial charge >= 0.3 is 0 Å². The van der Waals surface area contributed by atoms with Crippen molar-refractivity contribution >= 4 is 15.9 Å². The van der Waals surface area contributed by atoms with Crippen LogP contribution in [0.1, 0.15) is 5.69 Å². The summed E-state index contributed by atoms with van der Waals surface area (Å²) in [5.74, 6) is 0. The summed E-state index contributed by atoms with van der Waals surface area (Å²) in [7, 11) is 0. The molecule has 2 nitrogen and oxygen atoms in total. The molecular weight excluding hydrogens is 271 g/mol. The normalized spacial score (nSPS) is 28.3. The third-order valence-electron chi connectivity index (χ3n) is 2.82. The third-order valence-corrected chi connectivity index (χ3v) is 3.29. The van der Waals surface area contributed by atoms with Crippen LogP contribution < -0.4 is 5.73 Å². The van der Waals surface area contributed by atoms with Gasteiger partial charge < -0.3 is 5.73 Å². The van der Waals surface area contributed by atoms with E-state index >= 15 is 0 Å². The third kappa shape index (κ3) is 1.83. The van der Waals surface area contributed by atoms with Gasteiger partial charge in [-0.05, 0) is 34.1 Å². The van der Waals surface area contributed by atoms with Gasteiger partial charge in [-0.15, -0.1) is 0 Å². The molecule has 0 spiro atoms. The van der Waals surface area contributed by atoms with E-state index in [1.54, 1.807) is 24.4 Å². The van der Waals surface area contributed by atoms with E-state index in [0.29, 0.717) is 5.69 Å². The van der Waals surface area contributed by atoms with Crippen molar-refractivity contribution in [2.45, 2.75) is 11.6 Å². The lowest BCUT2D eigenvalue weighted by molar-refractivity contribution is 0.275. The maximum atomic E-state index is 14.0. The highest BCUT2D eigenvalue weighted by Crippen LogP contribution is 2.33. The zero-order valence-corrected chi connectivity index (χ0v) is 10.2. The number of aromatic nitrogens is 1. The van der Waals surface area contributed by atoms with Crippen LogP contribution in [0, 0.1) is 0 Å². The minimum absolute atomic E-state index is 0.198. The first-order valence-electron chi connectivity index (χ1n) is 5.01. The molecule has 1 aliphatic rings. The number of allylic oxidation sites excluding steroid dienone is 3. The summed E-state index contributed by atoms with van der Waals surface area (Å²) in [4.78, 5) is 4.24. The van der Waals surface area contributed by atoms with Gasteiger partial charge in [0.1, 0.15) is 6.17 Å². The number of alkyl halides is 1. The second-order valence-electron chi connectivity index (χ2n) is 3.75. The number of hydrogen-bond acceptors (Lipinski definition) is 2. The van der Waals surface area contributed by atoms with Gasteiger partial charge in [0.25, 0.3) is 0 Å². The zero-order chi connectivity index (χ0) is 11.6. The van der Waals surface area contributed by atoms with Gasteiger partial charge in [-0.1, -0.05) is 18.2 Å². The van der Waals surface area contributed by atoms with E-state index in [0.717, 1.165) is 4.47 Å². The van der Waals surface area contributed by atoms with Crippen LogP contribution in [0.2, 0.25) is 0 Å². The van der Waals surface area contributed by atoms with Crippen LogP contribution in [0.4, 0.5) is 4.39 Å². The number of nitrogens with zero attached hydrogens (tertiary/aromatic N) is 1. The smallest absolute Gasteiger partial charge is 0.134 e. The Bertz CT molecular complexity index is 427. The average Bonchev–Trinajstić information content (AvgIpc) is 2.31. The Labute approximate surface area is 102 Å². The fourth-order valence-electron chi connectivity index (χ4n) is 1.82. The van der Waals surface area contributed by atoms with Crippen LogP contribution in [0.5, 0.6) is 0 Å². The van der Waals surface area contributed by atoms with Crippen molar-refractivity contribution < 1.29 is 4.39 Å².